The van der Waals surface area contributed by atoms with Gasteiger partial charge < -0.3 is 15.8 Å². The second-order valence-corrected chi connectivity index (χ2v) is 4.57. The third-order valence-corrected chi connectivity index (χ3v) is 2.69. The molecule has 0 saturated carbocycles. The molecule has 4 heteroatoms. The first-order valence-corrected chi connectivity index (χ1v) is 6.31. The van der Waals surface area contributed by atoms with Gasteiger partial charge in [0.1, 0.15) is 5.75 Å². The first kappa shape index (κ1) is 14.4. The Morgan fingerprint density at radius 3 is 2.83 bits per heavy atom. The Morgan fingerprint density at radius 1 is 1.50 bits per heavy atom. The maximum Gasteiger partial charge on any atom is 0.258 e. The predicted octanol–water partition coefficient (Wildman–Crippen LogP) is 2.26. The van der Waals surface area contributed by atoms with E-state index in [0.717, 1.165) is 18.4 Å². The van der Waals surface area contributed by atoms with Crippen molar-refractivity contribution in [2.75, 3.05) is 12.3 Å². The predicted molar refractivity (Wildman–Crippen MR) is 73.6 cm³/mol. The number of carbonyl (C=O) groups excluding carboxylic acids is 1. The SMILES string of the molecule is CCCC(C)NC(=O)COc1ccc(N)cc1C. The summed E-state index contributed by atoms with van der Waals surface area (Å²) in [5.74, 6) is 0.606. The van der Waals surface area contributed by atoms with Gasteiger partial charge in [-0.2, -0.15) is 0 Å². The van der Waals surface area contributed by atoms with Gasteiger partial charge in [0.05, 0.1) is 0 Å². The molecule has 0 spiro atoms. The van der Waals surface area contributed by atoms with Crippen LogP contribution in [-0.4, -0.2) is 18.6 Å². The number of nitrogens with two attached hydrogens (primary N) is 1. The van der Waals surface area contributed by atoms with E-state index in [1.54, 1.807) is 12.1 Å². The van der Waals surface area contributed by atoms with E-state index in [9.17, 15) is 4.79 Å². The number of ether oxygens (including phenoxy) is 1. The highest BCUT2D eigenvalue weighted by Crippen LogP contribution is 2.19. The Morgan fingerprint density at radius 2 is 2.22 bits per heavy atom. The number of anilines is 1. The first-order chi connectivity index (χ1) is 8.52. The second kappa shape index (κ2) is 6.89. The number of benzene rings is 1. The van der Waals surface area contributed by atoms with Gasteiger partial charge in [-0.15, -0.1) is 0 Å². The van der Waals surface area contributed by atoms with E-state index in [1.807, 2.05) is 19.9 Å². The van der Waals surface area contributed by atoms with Gasteiger partial charge in [-0.3, -0.25) is 4.79 Å². The highest BCUT2D eigenvalue weighted by molar-refractivity contribution is 5.77. The summed E-state index contributed by atoms with van der Waals surface area (Å²) in [5, 5.41) is 2.89. The molecule has 0 heterocycles. The number of rotatable bonds is 6. The van der Waals surface area contributed by atoms with Gasteiger partial charge in [0.2, 0.25) is 0 Å². The molecule has 1 unspecified atom stereocenters. The molecule has 0 aliphatic rings. The van der Waals surface area contributed by atoms with E-state index in [4.69, 9.17) is 10.5 Å². The number of hydrogen-bond donors (Lipinski definition) is 2. The summed E-state index contributed by atoms with van der Waals surface area (Å²) in [6.45, 7) is 6.04. The Balaban J connectivity index is 2.42. The summed E-state index contributed by atoms with van der Waals surface area (Å²) in [6, 6.07) is 5.57. The van der Waals surface area contributed by atoms with E-state index >= 15 is 0 Å². The van der Waals surface area contributed by atoms with Crippen molar-refractivity contribution in [1.82, 2.24) is 5.32 Å². The van der Waals surface area contributed by atoms with Crippen molar-refractivity contribution in [3.63, 3.8) is 0 Å². The van der Waals surface area contributed by atoms with E-state index in [2.05, 4.69) is 12.2 Å². The molecule has 0 bridgehead atoms. The number of amides is 1. The van der Waals surface area contributed by atoms with Crippen LogP contribution in [0, 0.1) is 6.92 Å². The molecule has 0 aliphatic heterocycles. The summed E-state index contributed by atoms with van der Waals surface area (Å²) in [4.78, 5) is 11.6. The highest BCUT2D eigenvalue weighted by atomic mass is 16.5. The summed E-state index contributed by atoms with van der Waals surface area (Å²) >= 11 is 0. The van der Waals surface area contributed by atoms with Crippen LogP contribution in [0.15, 0.2) is 18.2 Å². The van der Waals surface area contributed by atoms with Gasteiger partial charge in [-0.25, -0.2) is 0 Å². The van der Waals surface area contributed by atoms with Crippen molar-refractivity contribution in [2.45, 2.75) is 39.7 Å². The molecule has 1 aromatic carbocycles. The van der Waals surface area contributed by atoms with Crippen LogP contribution in [0.3, 0.4) is 0 Å². The van der Waals surface area contributed by atoms with Crippen molar-refractivity contribution in [3.05, 3.63) is 23.8 Å². The van der Waals surface area contributed by atoms with Crippen LogP contribution in [-0.2, 0) is 4.79 Å². The van der Waals surface area contributed by atoms with Crippen molar-refractivity contribution in [2.24, 2.45) is 0 Å². The normalized spacial score (nSPS) is 11.9. The molecule has 1 amide bonds. The van der Waals surface area contributed by atoms with Gasteiger partial charge in [0, 0.05) is 11.7 Å². The third-order valence-electron chi connectivity index (χ3n) is 2.69. The van der Waals surface area contributed by atoms with Gasteiger partial charge in [0.25, 0.3) is 5.91 Å². The summed E-state index contributed by atoms with van der Waals surface area (Å²) in [6.07, 6.45) is 2.03. The highest BCUT2D eigenvalue weighted by Gasteiger charge is 2.08. The monoisotopic (exact) mass is 250 g/mol. The van der Waals surface area contributed by atoms with Gasteiger partial charge in [-0.1, -0.05) is 13.3 Å². The van der Waals surface area contributed by atoms with E-state index in [1.165, 1.54) is 0 Å². The number of nitrogen functional groups attached to an aromatic ring is 1. The molecule has 0 saturated heterocycles. The van der Waals surface area contributed by atoms with E-state index < -0.39 is 0 Å². The van der Waals surface area contributed by atoms with Crippen LogP contribution < -0.4 is 15.8 Å². The van der Waals surface area contributed by atoms with Crippen LogP contribution in [0.1, 0.15) is 32.3 Å². The topological polar surface area (TPSA) is 64.3 Å². The maximum absolute atomic E-state index is 11.6. The lowest BCUT2D eigenvalue weighted by Gasteiger charge is -2.14. The van der Waals surface area contributed by atoms with Crippen LogP contribution in [0.4, 0.5) is 5.69 Å². The fourth-order valence-corrected chi connectivity index (χ4v) is 1.80. The molecule has 1 atom stereocenters. The summed E-state index contributed by atoms with van der Waals surface area (Å²) in [5.41, 5.74) is 7.28. The van der Waals surface area contributed by atoms with Crippen LogP contribution >= 0.6 is 0 Å². The van der Waals surface area contributed by atoms with Crippen molar-refractivity contribution in [3.8, 4) is 5.75 Å². The third kappa shape index (κ3) is 4.65. The molecule has 1 aromatic rings. The number of aryl methyl sites for hydroxylation is 1. The molecule has 18 heavy (non-hydrogen) atoms. The number of nitrogens with one attached hydrogen (secondary N) is 1. The van der Waals surface area contributed by atoms with Crippen LogP contribution in [0.5, 0.6) is 5.75 Å². The Bertz CT molecular complexity index is 405. The lowest BCUT2D eigenvalue weighted by Crippen LogP contribution is -2.36. The van der Waals surface area contributed by atoms with E-state index in [-0.39, 0.29) is 18.6 Å². The Hall–Kier alpha value is -1.71. The smallest absolute Gasteiger partial charge is 0.258 e. The number of carbonyl (C=O) groups is 1. The molecule has 1 rings (SSSR count). The molecule has 0 aliphatic carbocycles. The van der Waals surface area contributed by atoms with Gasteiger partial charge in [-0.05, 0) is 44.0 Å². The quantitative estimate of drug-likeness (QED) is 0.761. The van der Waals surface area contributed by atoms with Crippen molar-refractivity contribution >= 4 is 11.6 Å². The first-order valence-electron chi connectivity index (χ1n) is 6.31. The lowest BCUT2D eigenvalue weighted by atomic mass is 10.2. The fourth-order valence-electron chi connectivity index (χ4n) is 1.80. The van der Waals surface area contributed by atoms with Crippen molar-refractivity contribution in [1.29, 1.82) is 0 Å². The molecule has 0 radical (unpaired) electrons. The number of hydrogen-bond acceptors (Lipinski definition) is 3. The largest absolute Gasteiger partial charge is 0.484 e. The molecule has 4 nitrogen and oxygen atoms in total. The van der Waals surface area contributed by atoms with E-state index in [0.29, 0.717) is 11.4 Å². The Kier molecular flexibility index (Phi) is 5.49. The molecule has 3 N–H and O–H groups in total. The zero-order chi connectivity index (χ0) is 13.5. The molecular weight excluding hydrogens is 228 g/mol. The van der Waals surface area contributed by atoms with Crippen LogP contribution in [0.25, 0.3) is 0 Å². The zero-order valence-corrected chi connectivity index (χ0v) is 11.3. The summed E-state index contributed by atoms with van der Waals surface area (Å²) in [7, 11) is 0. The van der Waals surface area contributed by atoms with Gasteiger partial charge >= 0.3 is 0 Å². The van der Waals surface area contributed by atoms with Crippen molar-refractivity contribution < 1.29 is 9.53 Å². The van der Waals surface area contributed by atoms with Crippen LogP contribution in [0.2, 0.25) is 0 Å². The lowest BCUT2D eigenvalue weighted by molar-refractivity contribution is -0.123. The zero-order valence-electron chi connectivity index (χ0n) is 11.3. The average Bonchev–Trinajstić information content (AvgIpc) is 2.28. The second-order valence-electron chi connectivity index (χ2n) is 4.57. The molecule has 0 aromatic heterocycles. The molecular formula is C14H22N2O2. The fraction of sp³-hybridized carbons (Fsp3) is 0.500. The minimum absolute atomic E-state index is 0.0405. The maximum atomic E-state index is 11.6. The Labute approximate surface area is 109 Å². The average molecular weight is 250 g/mol. The van der Waals surface area contributed by atoms with Gasteiger partial charge in [0.15, 0.2) is 6.61 Å². The molecule has 0 fully saturated rings. The standard InChI is InChI=1S/C14H22N2O2/c1-4-5-11(3)16-14(17)9-18-13-7-6-12(15)8-10(13)2/h6-8,11H,4-5,9,15H2,1-3H3,(H,16,17). The minimum atomic E-state index is -0.0906. The minimum Gasteiger partial charge on any atom is -0.484 e. The summed E-state index contributed by atoms with van der Waals surface area (Å²) < 4.78 is 5.46. The molecule has 100 valence electrons.